The minimum Gasteiger partial charge on any atom is -0.457 e. The molecule has 336 valence electrons. The summed E-state index contributed by atoms with van der Waals surface area (Å²) in [4.78, 5) is 54.9. The molecule has 60 heavy (non-hydrogen) atoms. The van der Waals surface area contributed by atoms with Crippen molar-refractivity contribution in [3.05, 3.63) is 52.1 Å². The van der Waals surface area contributed by atoms with E-state index in [2.05, 4.69) is 5.32 Å². The lowest BCUT2D eigenvalue weighted by atomic mass is 9.83. The van der Waals surface area contributed by atoms with Gasteiger partial charge in [0.05, 0.1) is 23.2 Å². The first-order valence-electron chi connectivity index (χ1n) is 20.1. The van der Waals surface area contributed by atoms with Crippen LogP contribution in [0, 0.1) is 12.8 Å². The number of ether oxygens (including phenoxy) is 4. The maximum absolute atomic E-state index is 14.5. The number of anilines is 1. The van der Waals surface area contributed by atoms with E-state index in [0.717, 1.165) is 16.0 Å². The molecule has 0 saturated carbocycles. The Balaban J connectivity index is 1.63. The fourth-order valence-corrected chi connectivity index (χ4v) is 10.1. The summed E-state index contributed by atoms with van der Waals surface area (Å²) in [5.74, 6) is -1.21. The third-order valence-electron chi connectivity index (χ3n) is 11.7. The van der Waals surface area contributed by atoms with Crippen molar-refractivity contribution in [2.75, 3.05) is 37.6 Å². The number of allylic oxidation sites excluding steroid dienone is 3. The van der Waals surface area contributed by atoms with Crippen molar-refractivity contribution in [2.24, 2.45) is 5.92 Å². The van der Waals surface area contributed by atoms with Gasteiger partial charge in [-0.1, -0.05) is 76.9 Å². The largest absolute Gasteiger partial charge is 0.457 e. The van der Waals surface area contributed by atoms with E-state index >= 15 is 0 Å². The number of amides is 2. The highest BCUT2D eigenvalue weighted by atomic mass is 35.5. The summed E-state index contributed by atoms with van der Waals surface area (Å²) in [6.45, 7) is 10.2. The predicted octanol–water partition coefficient (Wildman–Crippen LogP) is 7.75. The van der Waals surface area contributed by atoms with Crippen molar-refractivity contribution in [1.29, 1.82) is 0 Å². The number of carbonyl (C=O) groups is 4. The molecule has 0 radical (unpaired) electrons. The van der Waals surface area contributed by atoms with Gasteiger partial charge < -0.3 is 29.0 Å². The van der Waals surface area contributed by atoms with Crippen molar-refractivity contribution < 1.29 is 56.4 Å². The maximum atomic E-state index is 14.5. The van der Waals surface area contributed by atoms with Gasteiger partial charge in [-0.3, -0.25) is 24.6 Å². The van der Waals surface area contributed by atoms with Crippen LogP contribution in [0.5, 0.6) is 0 Å². The number of Topliss-reactive ketones (excluding diaryl/α,β-unsaturated/α-hetero) is 1. The quantitative estimate of drug-likeness (QED) is 0.0815. The molecule has 1 aromatic carbocycles. The van der Waals surface area contributed by atoms with Crippen molar-refractivity contribution in [3.63, 3.8) is 0 Å². The summed E-state index contributed by atoms with van der Waals surface area (Å²) < 4.78 is 67.0. The lowest BCUT2D eigenvalue weighted by molar-refractivity contribution is -0.191. The number of hydrogen-bond donors (Lipinski definition) is 2. The van der Waals surface area contributed by atoms with E-state index in [1.807, 2.05) is 26.0 Å². The Morgan fingerprint density at radius 3 is 2.53 bits per heavy atom. The molecule has 2 N–H and O–H groups in total. The Labute approximate surface area is 364 Å². The molecule has 0 aromatic heterocycles. The zero-order valence-electron chi connectivity index (χ0n) is 35.7. The number of rotatable bonds is 14. The molecule has 3 aliphatic heterocycles. The van der Waals surface area contributed by atoms with Crippen molar-refractivity contribution in [2.45, 2.75) is 140 Å². The molecule has 2 amide bonds. The monoisotopic (exact) mass is 905 g/mol. The van der Waals surface area contributed by atoms with E-state index in [1.165, 1.54) is 47.6 Å². The standard InChI is InChI=1S/C42H59ClF3N3O9S2/c1-10-29(50)14-12-17-59-60-18-16-32(42(44,45)46)48(7)27(5)38(52)57-34-22-35(51)49(8)30-21-28(20-25(3)36(30)43)19-24(2)13-11-15-33(55-9)41(54)23-31(56-39(53)47-41)26(4)37-40(34,6)58-37/h11,13,15,20-21,26-27,31-34,37,54H,10,12,14,16-19,22-23H2,1-9H3,(H,47,53)/b15-11+,24-13+/t26-,27+,31+,32?,33-,34+,37+,40+,41+/m1/s1. The number of aryl methyl sites for hydroxylation is 1. The van der Waals surface area contributed by atoms with Crippen LogP contribution in [0.3, 0.4) is 0 Å². The third kappa shape index (κ3) is 12.4. The molecule has 1 unspecified atom stereocenters. The van der Waals surface area contributed by atoms with Crippen LogP contribution in [0.2, 0.25) is 5.02 Å². The van der Waals surface area contributed by atoms with Gasteiger partial charge in [0.2, 0.25) is 5.91 Å². The summed E-state index contributed by atoms with van der Waals surface area (Å²) in [6.07, 6.45) is -3.20. The number of nitrogens with one attached hydrogen (secondary N) is 1. The zero-order chi connectivity index (χ0) is 44.7. The number of esters is 1. The van der Waals surface area contributed by atoms with Crippen LogP contribution in [0.1, 0.15) is 84.3 Å². The number of alkyl halides is 3. The molecule has 0 aliphatic carbocycles. The lowest BCUT2D eigenvalue weighted by Gasteiger charge is -2.42. The second-order valence-corrected chi connectivity index (χ2v) is 19.2. The normalized spacial score (nSPS) is 30.0. The van der Waals surface area contributed by atoms with Crippen LogP contribution in [0.25, 0.3) is 0 Å². The van der Waals surface area contributed by atoms with Crippen LogP contribution < -0.4 is 10.2 Å². The number of halogens is 4. The number of ketones is 1. The van der Waals surface area contributed by atoms with Gasteiger partial charge in [-0.05, 0) is 71.2 Å². The third-order valence-corrected chi connectivity index (χ3v) is 14.7. The maximum Gasteiger partial charge on any atom is 0.409 e. The minimum absolute atomic E-state index is 0.118. The zero-order valence-corrected chi connectivity index (χ0v) is 38.1. The van der Waals surface area contributed by atoms with Gasteiger partial charge in [-0.2, -0.15) is 13.2 Å². The summed E-state index contributed by atoms with van der Waals surface area (Å²) in [5.41, 5.74) is -0.343. The molecular weight excluding hydrogens is 847 g/mol. The van der Waals surface area contributed by atoms with E-state index in [0.29, 0.717) is 47.7 Å². The summed E-state index contributed by atoms with van der Waals surface area (Å²) in [6, 6.07) is 0.330. The number of hydrogen-bond acceptors (Lipinski definition) is 12. The summed E-state index contributed by atoms with van der Waals surface area (Å²) in [7, 11) is 6.85. The Morgan fingerprint density at radius 2 is 1.88 bits per heavy atom. The topological polar surface area (TPSA) is 147 Å². The van der Waals surface area contributed by atoms with E-state index in [4.69, 9.17) is 30.5 Å². The van der Waals surface area contributed by atoms with Gasteiger partial charge in [-0.25, -0.2) is 4.79 Å². The van der Waals surface area contributed by atoms with Crippen molar-refractivity contribution >= 4 is 62.6 Å². The molecule has 3 aliphatic rings. The molecule has 1 aromatic rings. The van der Waals surface area contributed by atoms with E-state index in [1.54, 1.807) is 46.0 Å². The highest BCUT2D eigenvalue weighted by Crippen LogP contribution is 2.49. The first-order valence-corrected chi connectivity index (χ1v) is 23.0. The smallest absolute Gasteiger partial charge is 0.409 e. The molecule has 4 bridgehead atoms. The first kappa shape index (κ1) is 49.9. The van der Waals surface area contributed by atoms with Gasteiger partial charge in [0.25, 0.3) is 0 Å². The fraction of sp³-hybridized carbons (Fsp3) is 0.667. The van der Waals surface area contributed by atoms with Gasteiger partial charge in [0.1, 0.15) is 41.8 Å². The number of benzene rings is 1. The first-order chi connectivity index (χ1) is 28.1. The van der Waals surface area contributed by atoms with E-state index in [-0.39, 0.29) is 24.4 Å². The molecule has 0 spiro atoms. The average Bonchev–Trinajstić information content (AvgIpc) is 3.87. The summed E-state index contributed by atoms with van der Waals surface area (Å²) >= 11 is 6.77. The van der Waals surface area contributed by atoms with Crippen LogP contribution in [-0.2, 0) is 39.8 Å². The number of nitrogens with zero attached hydrogens (tertiary/aromatic N) is 2. The summed E-state index contributed by atoms with van der Waals surface area (Å²) in [5, 5.41) is 14.6. The van der Waals surface area contributed by atoms with Crippen LogP contribution in [0.4, 0.5) is 23.7 Å². The van der Waals surface area contributed by atoms with Crippen LogP contribution >= 0.6 is 33.2 Å². The van der Waals surface area contributed by atoms with Crippen LogP contribution in [0.15, 0.2) is 35.9 Å². The Bertz CT molecular complexity index is 1790. The second-order valence-electron chi connectivity index (χ2n) is 16.2. The van der Waals surface area contributed by atoms with Gasteiger partial charge in [0.15, 0.2) is 5.72 Å². The number of aliphatic hydroxyl groups is 1. The van der Waals surface area contributed by atoms with Gasteiger partial charge in [0, 0.05) is 50.8 Å². The fourth-order valence-electron chi connectivity index (χ4n) is 7.70. The number of likely N-dealkylation sites (N-methyl/N-ethyl adjacent to an activating group) is 1. The van der Waals surface area contributed by atoms with E-state index in [9.17, 15) is 37.5 Å². The highest BCUT2D eigenvalue weighted by Gasteiger charge is 2.64. The highest BCUT2D eigenvalue weighted by molar-refractivity contribution is 8.76. The van der Waals surface area contributed by atoms with Crippen molar-refractivity contribution in [1.82, 2.24) is 10.2 Å². The molecule has 9 atom stereocenters. The minimum atomic E-state index is -4.67. The van der Waals surface area contributed by atoms with E-state index < -0.39 is 84.3 Å². The van der Waals surface area contributed by atoms with Gasteiger partial charge >= 0.3 is 18.2 Å². The second kappa shape index (κ2) is 21.0. The molecule has 3 heterocycles. The molecule has 2 saturated heterocycles. The molecule has 4 rings (SSSR count). The lowest BCUT2D eigenvalue weighted by Crippen LogP contribution is -2.63. The molecular formula is C42H59ClF3N3O9S2. The van der Waals surface area contributed by atoms with Crippen molar-refractivity contribution in [3.8, 4) is 0 Å². The Hall–Kier alpha value is -2.80. The number of epoxide rings is 1. The number of alkyl carbamates (subject to hydrolysis) is 1. The number of fused-ring (bicyclic) bond motifs is 5. The predicted molar refractivity (Wildman–Crippen MR) is 228 cm³/mol. The Morgan fingerprint density at radius 1 is 1.20 bits per heavy atom. The van der Waals surface area contributed by atoms with Gasteiger partial charge in [-0.15, -0.1) is 0 Å². The molecule has 2 fully saturated rings. The number of carbonyl (C=O) groups excluding carboxylic acids is 4. The molecule has 18 heteroatoms. The molecule has 12 nitrogen and oxygen atoms in total. The number of methoxy groups -OCH3 is 1. The average molecular weight is 907 g/mol. The van der Waals surface area contributed by atoms with Crippen LogP contribution in [-0.4, -0.2) is 120 Å². The Kier molecular flexibility index (Phi) is 17.5. The SMILES string of the molecule is CCC(=O)CCCSSCCC(N(C)[C@@H](C)C(=O)O[C@H]1CC(=O)N(C)c2cc(cc(C)c2Cl)C/C(C)=C/C=C/[C@@H](OC)[C@@]2(O)C[C@H](OC(=O)N2)[C@@H](C)[C@@H]2O[C@@]12C)C(F)(F)F.